The first-order chi connectivity index (χ1) is 7.81. The van der Waals surface area contributed by atoms with Crippen LogP contribution in [-0.2, 0) is 0 Å². The number of hydrogen-bond donors (Lipinski definition) is 2. The standard InChI is InChI=1S/C12H16N2O2/c15-9-8-14-7-6-11(13-12(14)16)10-4-2-1-3-5-10/h1-5,11,15H,6-9H2,(H,13,16). The van der Waals surface area contributed by atoms with E-state index in [2.05, 4.69) is 5.32 Å². The van der Waals surface area contributed by atoms with Gasteiger partial charge in [-0.25, -0.2) is 4.79 Å². The van der Waals surface area contributed by atoms with Crippen molar-refractivity contribution in [2.75, 3.05) is 19.7 Å². The fourth-order valence-electron chi connectivity index (χ4n) is 1.97. The van der Waals surface area contributed by atoms with Crippen LogP contribution in [-0.4, -0.2) is 35.7 Å². The van der Waals surface area contributed by atoms with E-state index in [4.69, 9.17) is 5.11 Å². The van der Waals surface area contributed by atoms with E-state index in [9.17, 15) is 4.79 Å². The monoisotopic (exact) mass is 220 g/mol. The molecule has 0 radical (unpaired) electrons. The van der Waals surface area contributed by atoms with Gasteiger partial charge >= 0.3 is 6.03 Å². The van der Waals surface area contributed by atoms with Crippen molar-refractivity contribution in [3.8, 4) is 0 Å². The summed E-state index contributed by atoms with van der Waals surface area (Å²) in [6.45, 7) is 1.13. The molecule has 1 saturated heterocycles. The molecular weight excluding hydrogens is 204 g/mol. The number of hydrogen-bond acceptors (Lipinski definition) is 2. The molecule has 4 nitrogen and oxygen atoms in total. The molecule has 1 aliphatic rings. The lowest BCUT2D eigenvalue weighted by Crippen LogP contribution is -2.48. The van der Waals surface area contributed by atoms with Crippen LogP contribution >= 0.6 is 0 Å². The predicted octanol–water partition coefficient (Wildman–Crippen LogP) is 1.14. The largest absolute Gasteiger partial charge is 0.395 e. The topological polar surface area (TPSA) is 52.6 Å². The first-order valence-corrected chi connectivity index (χ1v) is 5.52. The lowest BCUT2D eigenvalue weighted by Gasteiger charge is -2.32. The van der Waals surface area contributed by atoms with Crippen molar-refractivity contribution in [3.05, 3.63) is 35.9 Å². The van der Waals surface area contributed by atoms with Gasteiger partial charge < -0.3 is 15.3 Å². The molecule has 86 valence electrons. The molecule has 1 heterocycles. The van der Waals surface area contributed by atoms with E-state index in [1.807, 2.05) is 30.3 Å². The Balaban J connectivity index is 2.00. The number of carbonyl (C=O) groups excluding carboxylic acids is 1. The molecule has 1 aromatic rings. The molecule has 0 bridgehead atoms. The van der Waals surface area contributed by atoms with Crippen molar-refractivity contribution in [3.63, 3.8) is 0 Å². The molecule has 2 N–H and O–H groups in total. The molecule has 1 atom stereocenters. The SMILES string of the molecule is O=C1NC(c2ccccc2)CCN1CCO. The van der Waals surface area contributed by atoms with E-state index in [1.165, 1.54) is 0 Å². The van der Waals surface area contributed by atoms with Crippen molar-refractivity contribution in [2.45, 2.75) is 12.5 Å². The summed E-state index contributed by atoms with van der Waals surface area (Å²) in [7, 11) is 0. The summed E-state index contributed by atoms with van der Waals surface area (Å²) < 4.78 is 0. The van der Waals surface area contributed by atoms with Crippen LogP contribution in [0.25, 0.3) is 0 Å². The van der Waals surface area contributed by atoms with Crippen LogP contribution in [0, 0.1) is 0 Å². The van der Waals surface area contributed by atoms with E-state index in [0.29, 0.717) is 13.1 Å². The molecule has 4 heteroatoms. The van der Waals surface area contributed by atoms with E-state index < -0.39 is 0 Å². The number of carbonyl (C=O) groups is 1. The van der Waals surface area contributed by atoms with Gasteiger partial charge in [-0.1, -0.05) is 30.3 Å². The predicted molar refractivity (Wildman–Crippen MR) is 61.0 cm³/mol. The molecule has 1 unspecified atom stereocenters. The molecule has 0 aliphatic carbocycles. The van der Waals surface area contributed by atoms with Crippen LogP contribution in [0.2, 0.25) is 0 Å². The Bertz CT molecular complexity index is 353. The lowest BCUT2D eigenvalue weighted by molar-refractivity contribution is 0.156. The number of amides is 2. The second kappa shape index (κ2) is 4.99. The zero-order valence-corrected chi connectivity index (χ0v) is 9.10. The Morgan fingerprint density at radius 1 is 1.38 bits per heavy atom. The lowest BCUT2D eigenvalue weighted by atomic mass is 10.0. The van der Waals surface area contributed by atoms with Crippen molar-refractivity contribution in [1.29, 1.82) is 0 Å². The van der Waals surface area contributed by atoms with Gasteiger partial charge in [0, 0.05) is 13.1 Å². The maximum absolute atomic E-state index is 11.7. The number of nitrogens with one attached hydrogen (secondary N) is 1. The van der Waals surface area contributed by atoms with Crippen molar-refractivity contribution < 1.29 is 9.90 Å². The van der Waals surface area contributed by atoms with Crippen molar-refractivity contribution in [1.82, 2.24) is 10.2 Å². The van der Waals surface area contributed by atoms with Crippen LogP contribution in [0.1, 0.15) is 18.0 Å². The molecular formula is C12H16N2O2. The minimum absolute atomic E-state index is 0.0173. The van der Waals surface area contributed by atoms with Gasteiger partial charge in [-0.15, -0.1) is 0 Å². The highest BCUT2D eigenvalue weighted by atomic mass is 16.3. The van der Waals surface area contributed by atoms with Crippen LogP contribution in [0.4, 0.5) is 4.79 Å². The first-order valence-electron chi connectivity index (χ1n) is 5.52. The summed E-state index contributed by atoms with van der Waals surface area (Å²) >= 11 is 0. The minimum Gasteiger partial charge on any atom is -0.395 e. The van der Waals surface area contributed by atoms with Crippen LogP contribution in [0.15, 0.2) is 30.3 Å². The highest BCUT2D eigenvalue weighted by molar-refractivity contribution is 5.75. The number of rotatable bonds is 3. The minimum atomic E-state index is -0.0887. The molecule has 1 aromatic carbocycles. The zero-order valence-electron chi connectivity index (χ0n) is 9.10. The van der Waals surface area contributed by atoms with Gasteiger partial charge in [-0.05, 0) is 12.0 Å². The average Bonchev–Trinajstić information content (AvgIpc) is 2.33. The van der Waals surface area contributed by atoms with Crippen LogP contribution in [0.3, 0.4) is 0 Å². The number of nitrogens with zero attached hydrogens (tertiary/aromatic N) is 1. The molecule has 1 fully saturated rings. The molecule has 0 aromatic heterocycles. The Labute approximate surface area is 94.9 Å². The summed E-state index contributed by atoms with van der Waals surface area (Å²) in [4.78, 5) is 13.3. The fraction of sp³-hybridized carbons (Fsp3) is 0.417. The summed E-state index contributed by atoms with van der Waals surface area (Å²) in [5.41, 5.74) is 1.14. The highest BCUT2D eigenvalue weighted by Crippen LogP contribution is 2.20. The number of benzene rings is 1. The number of urea groups is 1. The van der Waals surface area contributed by atoms with Crippen LogP contribution < -0.4 is 5.32 Å². The second-order valence-electron chi connectivity index (χ2n) is 3.91. The maximum atomic E-state index is 11.7. The van der Waals surface area contributed by atoms with E-state index >= 15 is 0 Å². The zero-order chi connectivity index (χ0) is 11.4. The third-order valence-electron chi connectivity index (χ3n) is 2.84. The number of aliphatic hydroxyl groups excluding tert-OH is 1. The third-order valence-corrected chi connectivity index (χ3v) is 2.84. The third kappa shape index (κ3) is 2.33. The Morgan fingerprint density at radius 3 is 2.75 bits per heavy atom. The van der Waals surface area contributed by atoms with Gasteiger partial charge in [0.05, 0.1) is 12.6 Å². The summed E-state index contributed by atoms with van der Waals surface area (Å²) in [6.07, 6.45) is 0.885. The second-order valence-corrected chi connectivity index (χ2v) is 3.91. The van der Waals surface area contributed by atoms with Crippen LogP contribution in [0.5, 0.6) is 0 Å². The molecule has 1 aliphatic heterocycles. The Kier molecular flexibility index (Phi) is 3.41. The van der Waals surface area contributed by atoms with Gasteiger partial charge in [0.25, 0.3) is 0 Å². The van der Waals surface area contributed by atoms with E-state index in [1.54, 1.807) is 4.90 Å². The molecule has 2 amide bonds. The van der Waals surface area contributed by atoms with Gasteiger partial charge in [0.2, 0.25) is 0 Å². The van der Waals surface area contributed by atoms with Gasteiger partial charge in [0.1, 0.15) is 0 Å². The summed E-state index contributed by atoms with van der Waals surface area (Å²) in [6, 6.07) is 9.96. The number of aliphatic hydroxyl groups is 1. The first kappa shape index (κ1) is 11.0. The summed E-state index contributed by atoms with van der Waals surface area (Å²) in [5.74, 6) is 0. The fourth-order valence-corrected chi connectivity index (χ4v) is 1.97. The maximum Gasteiger partial charge on any atom is 0.317 e. The average molecular weight is 220 g/mol. The van der Waals surface area contributed by atoms with Crippen molar-refractivity contribution >= 4 is 6.03 Å². The normalized spacial score (nSPS) is 20.7. The van der Waals surface area contributed by atoms with Gasteiger partial charge in [-0.2, -0.15) is 0 Å². The van der Waals surface area contributed by atoms with E-state index in [0.717, 1.165) is 12.0 Å². The molecule has 0 spiro atoms. The summed E-state index contributed by atoms with van der Waals surface area (Å²) in [5, 5.41) is 11.7. The molecule has 0 saturated carbocycles. The smallest absolute Gasteiger partial charge is 0.317 e. The quantitative estimate of drug-likeness (QED) is 0.802. The van der Waals surface area contributed by atoms with Gasteiger partial charge in [0.15, 0.2) is 0 Å². The Hall–Kier alpha value is -1.55. The highest BCUT2D eigenvalue weighted by Gasteiger charge is 2.24. The Morgan fingerprint density at radius 2 is 2.12 bits per heavy atom. The molecule has 2 rings (SSSR count). The van der Waals surface area contributed by atoms with E-state index in [-0.39, 0.29) is 18.7 Å². The van der Waals surface area contributed by atoms with Gasteiger partial charge in [-0.3, -0.25) is 0 Å². The number of β-amino-alcohol motifs (C(OH)–C–C–N with tert-alkyl or cyclic N) is 1. The van der Waals surface area contributed by atoms with Crippen molar-refractivity contribution in [2.24, 2.45) is 0 Å². The molecule has 16 heavy (non-hydrogen) atoms.